The van der Waals surface area contributed by atoms with Gasteiger partial charge in [0.2, 0.25) is 0 Å². The predicted molar refractivity (Wildman–Crippen MR) is 147 cm³/mol. The zero-order valence-corrected chi connectivity index (χ0v) is 21.4. The van der Waals surface area contributed by atoms with Gasteiger partial charge in [-0.1, -0.05) is 23.8 Å². The number of nitrogens with zero attached hydrogens (tertiary/aromatic N) is 2. The second-order valence-corrected chi connectivity index (χ2v) is 9.22. The Kier molecular flexibility index (Phi) is 8.77. The number of ether oxygens (including phenoxy) is 1. The van der Waals surface area contributed by atoms with Crippen LogP contribution < -0.4 is 20.3 Å². The first kappa shape index (κ1) is 26.2. The van der Waals surface area contributed by atoms with Crippen molar-refractivity contribution in [3.8, 4) is 5.75 Å². The molecule has 0 bridgehead atoms. The fourth-order valence-electron chi connectivity index (χ4n) is 4.25. The number of aryl methyl sites for hydroxylation is 1. The fraction of sp³-hybridized carbons (Fsp3) is 0.310. The Labute approximate surface area is 217 Å². The first-order valence-corrected chi connectivity index (χ1v) is 12.5. The number of carbonyl (C=O) groups excluding carboxylic acids is 2. The van der Waals surface area contributed by atoms with Gasteiger partial charge in [-0.2, -0.15) is 0 Å². The number of carbonyl (C=O) groups is 2. The van der Waals surface area contributed by atoms with Crippen LogP contribution in [-0.4, -0.2) is 68.3 Å². The normalized spacial score (nSPS) is 14.1. The Morgan fingerprint density at radius 3 is 2.24 bits per heavy atom. The average molecular weight is 503 g/mol. The average Bonchev–Trinajstić information content (AvgIpc) is 3.13. The lowest BCUT2D eigenvalue weighted by Gasteiger charge is -2.23. The van der Waals surface area contributed by atoms with Gasteiger partial charge in [-0.05, 0) is 75.5 Å². The van der Waals surface area contributed by atoms with E-state index in [-0.39, 0.29) is 25.0 Å². The zero-order valence-electron chi connectivity index (χ0n) is 21.4. The van der Waals surface area contributed by atoms with Gasteiger partial charge >= 0.3 is 0 Å². The molecule has 194 valence electrons. The highest BCUT2D eigenvalue weighted by Crippen LogP contribution is 2.34. The van der Waals surface area contributed by atoms with E-state index in [1.165, 1.54) is 0 Å². The van der Waals surface area contributed by atoms with Gasteiger partial charge in [-0.25, -0.2) is 0 Å². The summed E-state index contributed by atoms with van der Waals surface area (Å²) in [6.07, 6.45) is 1.10. The van der Waals surface area contributed by atoms with Gasteiger partial charge in [0.05, 0.1) is 12.3 Å². The lowest BCUT2D eigenvalue weighted by Crippen LogP contribution is -2.28. The molecule has 1 saturated heterocycles. The number of aliphatic hydroxyl groups is 1. The first-order valence-electron chi connectivity index (χ1n) is 12.5. The molecule has 0 atom stereocenters. The first-order chi connectivity index (χ1) is 17.9. The molecule has 0 spiro atoms. The molecule has 8 nitrogen and oxygen atoms in total. The van der Waals surface area contributed by atoms with Gasteiger partial charge in [0, 0.05) is 36.4 Å². The van der Waals surface area contributed by atoms with E-state index >= 15 is 0 Å². The smallest absolute Gasteiger partial charge is 0.255 e. The summed E-state index contributed by atoms with van der Waals surface area (Å²) in [6, 6.07) is 19.9. The number of aliphatic hydroxyl groups excluding tert-OH is 1. The summed E-state index contributed by atoms with van der Waals surface area (Å²) in [5.74, 6) is -0.273. The number of hydrogen-bond donors (Lipinski definition) is 3. The van der Waals surface area contributed by atoms with Gasteiger partial charge in [0.15, 0.2) is 0 Å². The van der Waals surface area contributed by atoms with Crippen LogP contribution in [0.25, 0.3) is 0 Å². The molecule has 1 aliphatic rings. The number of amides is 2. The molecule has 8 heteroatoms. The molecule has 3 aromatic rings. The topological polar surface area (TPSA) is 94.1 Å². The van der Waals surface area contributed by atoms with E-state index in [4.69, 9.17) is 4.74 Å². The number of hydrogen-bond acceptors (Lipinski definition) is 6. The summed E-state index contributed by atoms with van der Waals surface area (Å²) in [7, 11) is 2.14. The molecule has 0 unspecified atom stereocenters. The molecule has 1 heterocycles. The van der Waals surface area contributed by atoms with E-state index in [1.54, 1.807) is 42.5 Å². The lowest BCUT2D eigenvalue weighted by atomic mass is 10.1. The standard InChI is InChI=1S/C29H34N4O4/c1-21-7-9-22(10-8-21)28(35)30-25-5-3-6-26(37-20-19-34)27(25)31-29(36)23-11-13-24(14-12-23)33-16-4-15-32(2)17-18-33/h3,5-14,34H,4,15-20H2,1-2H3,(H,30,35)(H,31,36). The van der Waals surface area contributed by atoms with E-state index in [0.29, 0.717) is 28.3 Å². The molecule has 0 aromatic heterocycles. The van der Waals surface area contributed by atoms with Crippen LogP contribution in [0.3, 0.4) is 0 Å². The Morgan fingerprint density at radius 2 is 1.54 bits per heavy atom. The van der Waals surface area contributed by atoms with Crippen LogP contribution in [0.4, 0.5) is 17.1 Å². The van der Waals surface area contributed by atoms with Gasteiger partial charge in [-0.15, -0.1) is 0 Å². The van der Waals surface area contributed by atoms with Crippen molar-refractivity contribution in [2.45, 2.75) is 13.3 Å². The summed E-state index contributed by atoms with van der Waals surface area (Å²) in [6.45, 7) is 5.84. The highest BCUT2D eigenvalue weighted by molar-refractivity contribution is 6.11. The van der Waals surface area contributed by atoms with Gasteiger partial charge in [0.1, 0.15) is 18.0 Å². The molecule has 3 aromatic carbocycles. The van der Waals surface area contributed by atoms with Crippen molar-refractivity contribution >= 4 is 28.9 Å². The Bertz CT molecular complexity index is 1210. The van der Waals surface area contributed by atoms with E-state index in [9.17, 15) is 14.7 Å². The van der Waals surface area contributed by atoms with E-state index in [1.807, 2.05) is 31.2 Å². The van der Waals surface area contributed by atoms with Crippen LogP contribution in [0.1, 0.15) is 32.7 Å². The highest BCUT2D eigenvalue weighted by Gasteiger charge is 2.18. The van der Waals surface area contributed by atoms with Gasteiger partial charge in [0.25, 0.3) is 11.8 Å². The molecular formula is C29H34N4O4. The number of anilines is 3. The predicted octanol–water partition coefficient (Wildman–Crippen LogP) is 4.01. The third-order valence-corrected chi connectivity index (χ3v) is 6.39. The highest BCUT2D eigenvalue weighted by atomic mass is 16.5. The second-order valence-electron chi connectivity index (χ2n) is 9.22. The minimum Gasteiger partial charge on any atom is -0.489 e. The Hall–Kier alpha value is -3.88. The molecule has 0 aliphatic carbocycles. The van der Waals surface area contributed by atoms with Crippen LogP contribution in [-0.2, 0) is 0 Å². The summed E-state index contributed by atoms with van der Waals surface area (Å²) in [4.78, 5) is 30.8. The second kappa shape index (κ2) is 12.4. The monoisotopic (exact) mass is 502 g/mol. The SMILES string of the molecule is Cc1ccc(C(=O)Nc2cccc(OCCO)c2NC(=O)c2ccc(N3CCCN(C)CC3)cc2)cc1. The minimum atomic E-state index is -0.326. The maximum atomic E-state index is 13.2. The molecular weight excluding hydrogens is 468 g/mol. The number of benzene rings is 3. The Morgan fingerprint density at radius 1 is 0.865 bits per heavy atom. The summed E-state index contributed by atoms with van der Waals surface area (Å²) in [5, 5.41) is 15.0. The van der Waals surface area contributed by atoms with Crippen molar-refractivity contribution in [3.05, 3.63) is 83.4 Å². The zero-order chi connectivity index (χ0) is 26.2. The molecule has 0 saturated carbocycles. The van der Waals surface area contributed by atoms with E-state index in [2.05, 4.69) is 27.5 Å². The number of likely N-dealkylation sites (N-methyl/N-ethyl adjacent to an activating group) is 1. The molecule has 0 radical (unpaired) electrons. The third kappa shape index (κ3) is 6.87. The van der Waals surface area contributed by atoms with Gasteiger partial charge < -0.3 is 30.3 Å². The van der Waals surface area contributed by atoms with Crippen LogP contribution >= 0.6 is 0 Å². The number of para-hydroxylation sites is 1. The van der Waals surface area contributed by atoms with Gasteiger partial charge in [-0.3, -0.25) is 9.59 Å². The summed E-state index contributed by atoms with van der Waals surface area (Å²) >= 11 is 0. The maximum Gasteiger partial charge on any atom is 0.255 e. The molecule has 1 aliphatic heterocycles. The molecule has 4 rings (SSSR count). The van der Waals surface area contributed by atoms with Crippen LogP contribution in [0, 0.1) is 6.92 Å². The molecule has 3 N–H and O–H groups in total. The lowest BCUT2D eigenvalue weighted by molar-refractivity contribution is 0.101. The minimum absolute atomic E-state index is 0.0535. The van der Waals surface area contributed by atoms with Crippen molar-refractivity contribution in [3.63, 3.8) is 0 Å². The molecule has 2 amide bonds. The van der Waals surface area contributed by atoms with Crippen LogP contribution in [0.5, 0.6) is 5.75 Å². The third-order valence-electron chi connectivity index (χ3n) is 6.39. The van der Waals surface area contributed by atoms with Crippen LogP contribution in [0.15, 0.2) is 66.7 Å². The van der Waals surface area contributed by atoms with Crippen molar-refractivity contribution in [1.29, 1.82) is 0 Å². The number of nitrogens with one attached hydrogen (secondary N) is 2. The van der Waals surface area contributed by atoms with E-state index < -0.39 is 0 Å². The van der Waals surface area contributed by atoms with Crippen molar-refractivity contribution < 1.29 is 19.4 Å². The van der Waals surface area contributed by atoms with E-state index in [0.717, 1.165) is 43.9 Å². The maximum absolute atomic E-state index is 13.2. The summed E-state index contributed by atoms with van der Waals surface area (Å²) < 4.78 is 5.66. The number of rotatable bonds is 8. The van der Waals surface area contributed by atoms with Crippen molar-refractivity contribution in [1.82, 2.24) is 4.90 Å². The van der Waals surface area contributed by atoms with Crippen molar-refractivity contribution in [2.75, 3.05) is 62.0 Å². The van der Waals surface area contributed by atoms with Crippen molar-refractivity contribution in [2.24, 2.45) is 0 Å². The quantitative estimate of drug-likeness (QED) is 0.431. The molecule has 1 fully saturated rings. The summed E-state index contributed by atoms with van der Waals surface area (Å²) in [5.41, 5.74) is 3.87. The fourth-order valence-corrected chi connectivity index (χ4v) is 4.25. The largest absolute Gasteiger partial charge is 0.489 e. The molecule has 37 heavy (non-hydrogen) atoms. The Balaban J connectivity index is 1.53. The van der Waals surface area contributed by atoms with Crippen LogP contribution in [0.2, 0.25) is 0 Å².